The minimum atomic E-state index is -0.289. The number of rotatable bonds is 5. The molecule has 0 saturated carbocycles. The summed E-state index contributed by atoms with van der Waals surface area (Å²) >= 11 is 0. The summed E-state index contributed by atoms with van der Waals surface area (Å²) in [4.78, 5) is 20.0. The summed E-state index contributed by atoms with van der Waals surface area (Å²) in [6.45, 7) is 1.83. The lowest BCUT2D eigenvalue weighted by molar-refractivity contribution is -0.118. The van der Waals surface area contributed by atoms with Gasteiger partial charge in [-0.1, -0.05) is 18.2 Å². The average molecular weight is 270 g/mol. The molecule has 1 unspecified atom stereocenters. The van der Waals surface area contributed by atoms with E-state index in [2.05, 4.69) is 15.3 Å². The lowest BCUT2D eigenvalue weighted by Gasteiger charge is -2.17. The zero-order valence-electron chi connectivity index (χ0n) is 10.1. The molecular weight excluding hydrogens is 254 g/mol. The number of carbonyl (C=O) groups excluding carboxylic acids is 1. The first-order valence-electron chi connectivity index (χ1n) is 5.56. The quantitative estimate of drug-likeness (QED) is 0.750. The molecule has 1 heterocycles. The minimum Gasteiger partial charge on any atom is -0.383 e. The van der Waals surface area contributed by atoms with Crippen molar-refractivity contribution in [2.24, 2.45) is 15.9 Å². The summed E-state index contributed by atoms with van der Waals surface area (Å²) in [5.74, 6) is 0.110. The van der Waals surface area contributed by atoms with E-state index in [1.54, 1.807) is 7.11 Å². The number of carbonyl (C=O) groups is 1. The molecule has 2 rings (SSSR count). The number of hydrogen-bond acceptors (Lipinski definition) is 4. The highest BCUT2D eigenvalue weighted by Gasteiger charge is 2.25. The Morgan fingerprint density at radius 2 is 2.22 bits per heavy atom. The van der Waals surface area contributed by atoms with E-state index in [4.69, 9.17) is 4.74 Å². The van der Waals surface area contributed by atoms with Gasteiger partial charge in [-0.15, -0.1) is 12.4 Å². The average Bonchev–Trinajstić information content (AvgIpc) is 2.35. The molecule has 0 aromatic rings. The zero-order chi connectivity index (χ0) is 12.1. The van der Waals surface area contributed by atoms with Crippen molar-refractivity contribution < 1.29 is 9.53 Å². The molecule has 1 aliphatic heterocycles. The van der Waals surface area contributed by atoms with Gasteiger partial charge in [0.2, 0.25) is 0 Å². The third-order valence-corrected chi connectivity index (χ3v) is 2.53. The molecule has 98 valence electrons. The maximum atomic E-state index is 11.7. The van der Waals surface area contributed by atoms with Crippen molar-refractivity contribution in [3.8, 4) is 0 Å². The Morgan fingerprint density at radius 3 is 3.00 bits per heavy atom. The number of halogens is 1. The number of aliphatic imine (C=N–C) groups is 2. The second kappa shape index (κ2) is 7.20. The topological polar surface area (TPSA) is 63.0 Å². The van der Waals surface area contributed by atoms with Crippen LogP contribution in [0.4, 0.5) is 0 Å². The van der Waals surface area contributed by atoms with Crippen molar-refractivity contribution in [2.45, 2.75) is 0 Å². The Bertz CT molecular complexity index is 427. The van der Waals surface area contributed by atoms with Gasteiger partial charge in [0.15, 0.2) is 0 Å². The molecule has 1 aliphatic carbocycles. The maximum Gasteiger partial charge on any atom is 0.260 e. The molecule has 1 atom stereocenters. The first-order valence-corrected chi connectivity index (χ1v) is 5.56. The number of amidine groups is 1. The molecule has 0 saturated heterocycles. The monoisotopic (exact) mass is 269 g/mol. The summed E-state index contributed by atoms with van der Waals surface area (Å²) in [7, 11) is 1.65. The zero-order valence-corrected chi connectivity index (χ0v) is 10.9. The highest BCUT2D eigenvalue weighted by atomic mass is 35.5. The van der Waals surface area contributed by atoms with Crippen LogP contribution in [0.3, 0.4) is 0 Å². The second-order valence-corrected chi connectivity index (χ2v) is 3.79. The largest absolute Gasteiger partial charge is 0.383 e. The van der Waals surface area contributed by atoms with Crippen LogP contribution < -0.4 is 5.32 Å². The van der Waals surface area contributed by atoms with Crippen LogP contribution in [-0.2, 0) is 9.53 Å². The minimum absolute atomic E-state index is 0. The van der Waals surface area contributed by atoms with Gasteiger partial charge in [-0.3, -0.25) is 4.79 Å². The van der Waals surface area contributed by atoms with Crippen molar-refractivity contribution in [1.82, 2.24) is 5.32 Å². The second-order valence-electron chi connectivity index (χ2n) is 3.79. The van der Waals surface area contributed by atoms with E-state index < -0.39 is 0 Å². The number of methoxy groups -OCH3 is 1. The Kier molecular flexibility index (Phi) is 5.91. The van der Waals surface area contributed by atoms with Gasteiger partial charge in [-0.25, -0.2) is 4.99 Å². The van der Waals surface area contributed by atoms with Crippen molar-refractivity contribution in [2.75, 3.05) is 26.8 Å². The first kappa shape index (κ1) is 14.8. The molecule has 0 aromatic heterocycles. The number of nitrogens with zero attached hydrogens (tertiary/aromatic N) is 2. The Balaban J connectivity index is 0.00000162. The van der Waals surface area contributed by atoms with Crippen LogP contribution in [0.5, 0.6) is 0 Å². The fourth-order valence-corrected chi connectivity index (χ4v) is 1.67. The van der Waals surface area contributed by atoms with E-state index in [-0.39, 0.29) is 24.2 Å². The molecule has 18 heavy (non-hydrogen) atoms. The number of hydrogen-bond donors (Lipinski definition) is 1. The van der Waals surface area contributed by atoms with Crippen LogP contribution in [-0.4, -0.2) is 44.3 Å². The maximum absolute atomic E-state index is 11.7. The van der Waals surface area contributed by atoms with Crippen molar-refractivity contribution in [3.05, 3.63) is 24.3 Å². The molecule has 0 bridgehead atoms. The molecule has 0 fully saturated rings. The summed E-state index contributed by atoms with van der Waals surface area (Å²) < 4.78 is 4.91. The van der Waals surface area contributed by atoms with Gasteiger partial charge in [0.1, 0.15) is 11.8 Å². The van der Waals surface area contributed by atoms with E-state index in [0.29, 0.717) is 25.5 Å². The fourth-order valence-electron chi connectivity index (χ4n) is 1.67. The Hall–Kier alpha value is -1.30. The van der Waals surface area contributed by atoms with Gasteiger partial charge in [-0.05, 0) is 6.08 Å². The van der Waals surface area contributed by atoms with E-state index >= 15 is 0 Å². The summed E-state index contributed by atoms with van der Waals surface area (Å²) in [5.41, 5.74) is 0.774. The standard InChI is InChI=1S/C12H15N3O2.ClH/c1-17-7-6-13-8-11-14-10-5-3-2-4-9(10)12(16)15-11;/h2-5,9,13H,6-8H2,1H3;1H. The van der Waals surface area contributed by atoms with Gasteiger partial charge in [0.05, 0.1) is 18.9 Å². The summed E-state index contributed by atoms with van der Waals surface area (Å²) in [6.07, 6.45) is 7.40. The number of fused-ring (bicyclic) bond motifs is 1. The molecule has 1 N–H and O–H groups in total. The van der Waals surface area contributed by atoms with E-state index in [0.717, 1.165) is 5.71 Å². The number of amides is 1. The molecule has 0 radical (unpaired) electrons. The molecule has 5 nitrogen and oxygen atoms in total. The van der Waals surface area contributed by atoms with E-state index in [1.807, 2.05) is 24.3 Å². The highest BCUT2D eigenvalue weighted by Crippen LogP contribution is 2.15. The van der Waals surface area contributed by atoms with Gasteiger partial charge in [0, 0.05) is 13.7 Å². The van der Waals surface area contributed by atoms with Gasteiger partial charge >= 0.3 is 0 Å². The summed E-state index contributed by atoms with van der Waals surface area (Å²) in [5, 5.41) is 3.11. The highest BCUT2D eigenvalue weighted by molar-refractivity contribution is 6.21. The SMILES string of the molecule is COCCNCC1=NC(=O)C2C=CC=CC2=N1.Cl. The third kappa shape index (κ3) is 3.60. The summed E-state index contributed by atoms with van der Waals surface area (Å²) in [6, 6.07) is 0. The van der Waals surface area contributed by atoms with E-state index in [1.165, 1.54) is 0 Å². The van der Waals surface area contributed by atoms with Crippen LogP contribution in [0.25, 0.3) is 0 Å². The van der Waals surface area contributed by atoms with Crippen LogP contribution in [0, 0.1) is 5.92 Å². The Morgan fingerprint density at radius 1 is 1.39 bits per heavy atom. The number of nitrogens with one attached hydrogen (secondary N) is 1. The fraction of sp³-hybridized carbons (Fsp3) is 0.417. The Labute approximate surface area is 112 Å². The van der Waals surface area contributed by atoms with Crippen molar-refractivity contribution >= 4 is 29.9 Å². The molecule has 0 spiro atoms. The molecular formula is C12H16ClN3O2. The van der Waals surface area contributed by atoms with E-state index in [9.17, 15) is 4.79 Å². The van der Waals surface area contributed by atoms with Gasteiger partial charge in [-0.2, -0.15) is 4.99 Å². The number of ether oxygens (including phenoxy) is 1. The first-order chi connectivity index (χ1) is 8.31. The predicted molar refractivity (Wildman–Crippen MR) is 73.6 cm³/mol. The molecule has 1 amide bonds. The van der Waals surface area contributed by atoms with Crippen LogP contribution in [0.15, 0.2) is 34.3 Å². The van der Waals surface area contributed by atoms with Gasteiger partial charge in [0.25, 0.3) is 5.91 Å². The number of allylic oxidation sites excluding steroid dienone is 3. The normalized spacial score (nSPS) is 20.9. The van der Waals surface area contributed by atoms with Crippen LogP contribution in [0.2, 0.25) is 0 Å². The van der Waals surface area contributed by atoms with Crippen molar-refractivity contribution in [1.29, 1.82) is 0 Å². The predicted octanol–water partition coefficient (Wildman–Crippen LogP) is 0.766. The lowest BCUT2D eigenvalue weighted by atomic mass is 9.96. The van der Waals surface area contributed by atoms with Gasteiger partial charge < -0.3 is 10.1 Å². The van der Waals surface area contributed by atoms with Crippen molar-refractivity contribution in [3.63, 3.8) is 0 Å². The molecule has 6 heteroatoms. The molecule has 0 aromatic carbocycles. The van der Waals surface area contributed by atoms with Crippen LogP contribution in [0.1, 0.15) is 0 Å². The third-order valence-electron chi connectivity index (χ3n) is 2.53. The smallest absolute Gasteiger partial charge is 0.260 e. The van der Waals surface area contributed by atoms with Crippen LogP contribution >= 0.6 is 12.4 Å². The lowest BCUT2D eigenvalue weighted by Crippen LogP contribution is -2.32. The molecule has 2 aliphatic rings.